The van der Waals surface area contributed by atoms with Crippen molar-refractivity contribution in [2.45, 2.75) is 38.2 Å². The van der Waals surface area contributed by atoms with Gasteiger partial charge in [0.1, 0.15) is 5.75 Å². The highest BCUT2D eigenvalue weighted by Gasteiger charge is 2.15. The predicted octanol–water partition coefficient (Wildman–Crippen LogP) is 2.90. The minimum Gasteiger partial charge on any atom is -0.493 e. The topological polar surface area (TPSA) is 41.5 Å². The Morgan fingerprint density at radius 2 is 2.16 bits per heavy atom. The molecule has 0 radical (unpaired) electrons. The monoisotopic (exact) mass is 263 g/mol. The molecule has 2 rings (SSSR count). The predicted molar refractivity (Wildman–Crippen MR) is 77.4 cm³/mol. The fraction of sp³-hybridized carbons (Fsp3) is 0.625. The molecular weight excluding hydrogens is 238 g/mol. The number of ether oxygens (including phenoxy) is 1. The first-order valence-electron chi connectivity index (χ1n) is 7.35. The molecule has 0 heterocycles. The fourth-order valence-corrected chi connectivity index (χ4v) is 2.65. The molecule has 106 valence electrons. The van der Waals surface area contributed by atoms with Crippen LogP contribution in [0.2, 0.25) is 0 Å². The Bertz CT molecular complexity index is 375. The molecule has 0 aliphatic heterocycles. The van der Waals surface area contributed by atoms with Crippen molar-refractivity contribution in [1.29, 1.82) is 0 Å². The zero-order valence-corrected chi connectivity index (χ0v) is 11.8. The van der Waals surface area contributed by atoms with E-state index in [-0.39, 0.29) is 0 Å². The van der Waals surface area contributed by atoms with E-state index in [0.29, 0.717) is 0 Å². The zero-order chi connectivity index (χ0) is 13.5. The lowest BCUT2D eigenvalue weighted by molar-refractivity contribution is 0.167. The average molecular weight is 263 g/mol. The summed E-state index contributed by atoms with van der Waals surface area (Å²) >= 11 is 0. The Balaban J connectivity index is 1.86. The van der Waals surface area contributed by atoms with Gasteiger partial charge in [-0.1, -0.05) is 25.0 Å². The van der Waals surface area contributed by atoms with Crippen LogP contribution in [0.3, 0.4) is 0 Å². The highest BCUT2D eigenvalue weighted by Crippen LogP contribution is 2.26. The van der Waals surface area contributed by atoms with Crippen LogP contribution >= 0.6 is 0 Å². The second-order valence-electron chi connectivity index (χ2n) is 5.44. The van der Waals surface area contributed by atoms with Crippen molar-refractivity contribution in [2.75, 3.05) is 20.2 Å². The molecule has 0 amide bonds. The Hall–Kier alpha value is -1.06. The van der Waals surface area contributed by atoms with Crippen molar-refractivity contribution in [3.8, 4) is 5.75 Å². The number of hydrogen-bond acceptors (Lipinski definition) is 3. The first kappa shape index (κ1) is 14.4. The maximum atomic E-state index is 10.1. The number of nitrogens with one attached hydrogen (secondary N) is 1. The summed E-state index contributed by atoms with van der Waals surface area (Å²) in [7, 11) is 1.90. The Labute approximate surface area is 116 Å². The number of aliphatic hydroxyl groups is 1. The molecule has 3 nitrogen and oxygen atoms in total. The molecule has 1 atom stereocenters. The lowest BCUT2D eigenvalue weighted by Gasteiger charge is -2.14. The molecule has 1 aliphatic rings. The minimum absolute atomic E-state index is 0.414. The molecule has 0 spiro atoms. The Morgan fingerprint density at radius 3 is 2.89 bits per heavy atom. The van der Waals surface area contributed by atoms with E-state index >= 15 is 0 Å². The molecular formula is C16H25NO2. The normalized spacial score (nSPS) is 17.6. The maximum Gasteiger partial charge on any atom is 0.119 e. The largest absolute Gasteiger partial charge is 0.493 e. The summed E-state index contributed by atoms with van der Waals surface area (Å²) < 4.78 is 5.86. The van der Waals surface area contributed by atoms with Crippen molar-refractivity contribution in [1.82, 2.24) is 5.32 Å². The minimum atomic E-state index is -0.414. The molecule has 0 aromatic heterocycles. The van der Waals surface area contributed by atoms with Crippen LogP contribution < -0.4 is 10.1 Å². The smallest absolute Gasteiger partial charge is 0.119 e. The third kappa shape index (κ3) is 4.51. The van der Waals surface area contributed by atoms with E-state index in [1.165, 1.54) is 25.7 Å². The van der Waals surface area contributed by atoms with E-state index in [2.05, 4.69) is 5.32 Å². The van der Waals surface area contributed by atoms with Gasteiger partial charge in [0, 0.05) is 0 Å². The molecule has 2 N–H and O–H groups in total. The molecule has 1 aromatic carbocycles. The summed E-state index contributed by atoms with van der Waals surface area (Å²) in [4.78, 5) is 0. The van der Waals surface area contributed by atoms with Gasteiger partial charge in [-0.3, -0.25) is 0 Å². The van der Waals surface area contributed by atoms with E-state index in [0.717, 1.165) is 36.8 Å². The van der Waals surface area contributed by atoms with Crippen molar-refractivity contribution < 1.29 is 9.84 Å². The van der Waals surface area contributed by atoms with Crippen LogP contribution in [0.15, 0.2) is 24.3 Å². The van der Waals surface area contributed by atoms with E-state index in [1.807, 2.05) is 31.3 Å². The summed E-state index contributed by atoms with van der Waals surface area (Å²) in [5.41, 5.74) is 0.944. The quantitative estimate of drug-likeness (QED) is 0.795. The third-order valence-electron chi connectivity index (χ3n) is 3.87. The molecule has 0 bridgehead atoms. The maximum absolute atomic E-state index is 10.1. The van der Waals surface area contributed by atoms with Gasteiger partial charge in [0.2, 0.25) is 0 Å². The summed E-state index contributed by atoms with van der Waals surface area (Å²) in [6.45, 7) is 1.63. The fourth-order valence-electron chi connectivity index (χ4n) is 2.65. The summed E-state index contributed by atoms with van der Waals surface area (Å²) in [5, 5.41) is 13.1. The number of benzene rings is 1. The van der Waals surface area contributed by atoms with Gasteiger partial charge in [0.15, 0.2) is 0 Å². The molecule has 19 heavy (non-hydrogen) atoms. The van der Waals surface area contributed by atoms with Gasteiger partial charge in [0.25, 0.3) is 0 Å². The van der Waals surface area contributed by atoms with Gasteiger partial charge < -0.3 is 15.2 Å². The Kier molecular flexibility index (Phi) is 5.67. The van der Waals surface area contributed by atoms with Gasteiger partial charge >= 0.3 is 0 Å². The number of hydrogen-bond donors (Lipinski definition) is 2. The van der Waals surface area contributed by atoms with Crippen LogP contribution in [0, 0.1) is 5.92 Å². The van der Waals surface area contributed by atoms with Crippen molar-refractivity contribution in [3.63, 3.8) is 0 Å². The second-order valence-corrected chi connectivity index (χ2v) is 5.44. The van der Waals surface area contributed by atoms with E-state index in [9.17, 15) is 5.11 Å². The summed E-state index contributed by atoms with van der Waals surface area (Å²) in [6, 6.07) is 7.86. The number of aliphatic hydroxyl groups excluding tert-OH is 1. The Morgan fingerprint density at radius 1 is 1.37 bits per heavy atom. The molecule has 1 fully saturated rings. The van der Waals surface area contributed by atoms with Crippen LogP contribution in [0.4, 0.5) is 0 Å². The molecule has 1 saturated carbocycles. The first-order chi connectivity index (χ1) is 9.29. The van der Waals surface area contributed by atoms with Crippen molar-refractivity contribution >= 4 is 0 Å². The average Bonchev–Trinajstić information content (AvgIpc) is 2.96. The lowest BCUT2D eigenvalue weighted by Crippen LogP contribution is -2.12. The molecule has 0 saturated heterocycles. The summed E-state index contributed by atoms with van der Waals surface area (Å²) in [6.07, 6.45) is 5.59. The standard InChI is InChI=1S/C16H25NO2/c1-17-10-9-16(18)14-7-4-8-15(11-14)19-12-13-5-2-3-6-13/h4,7-8,11,13,16-18H,2-3,5-6,9-10,12H2,1H3. The summed E-state index contributed by atoms with van der Waals surface area (Å²) in [5.74, 6) is 1.60. The van der Waals surface area contributed by atoms with Gasteiger partial charge in [-0.25, -0.2) is 0 Å². The van der Waals surface area contributed by atoms with Crippen LogP contribution in [-0.2, 0) is 0 Å². The lowest BCUT2D eigenvalue weighted by atomic mass is 10.1. The van der Waals surface area contributed by atoms with Crippen LogP contribution in [0.1, 0.15) is 43.8 Å². The second kappa shape index (κ2) is 7.51. The SMILES string of the molecule is CNCCC(O)c1cccc(OCC2CCCC2)c1. The van der Waals surface area contributed by atoms with Crippen molar-refractivity contribution in [2.24, 2.45) is 5.92 Å². The van der Waals surface area contributed by atoms with Gasteiger partial charge in [0.05, 0.1) is 12.7 Å². The highest BCUT2D eigenvalue weighted by molar-refractivity contribution is 5.29. The highest BCUT2D eigenvalue weighted by atomic mass is 16.5. The van der Waals surface area contributed by atoms with Crippen molar-refractivity contribution in [3.05, 3.63) is 29.8 Å². The molecule has 3 heteroatoms. The third-order valence-corrected chi connectivity index (χ3v) is 3.87. The molecule has 1 aromatic rings. The van der Waals surface area contributed by atoms with Crippen LogP contribution in [0.25, 0.3) is 0 Å². The van der Waals surface area contributed by atoms with Crippen LogP contribution in [-0.4, -0.2) is 25.3 Å². The van der Waals surface area contributed by atoms with E-state index in [4.69, 9.17) is 4.74 Å². The van der Waals surface area contributed by atoms with Gasteiger partial charge in [-0.2, -0.15) is 0 Å². The van der Waals surface area contributed by atoms with E-state index < -0.39 is 6.10 Å². The number of rotatable bonds is 7. The van der Waals surface area contributed by atoms with Gasteiger partial charge in [-0.05, 0) is 56.5 Å². The first-order valence-corrected chi connectivity index (χ1v) is 7.35. The van der Waals surface area contributed by atoms with E-state index in [1.54, 1.807) is 0 Å². The molecule has 1 unspecified atom stereocenters. The van der Waals surface area contributed by atoms with Crippen LogP contribution in [0.5, 0.6) is 5.75 Å². The molecule has 1 aliphatic carbocycles. The zero-order valence-electron chi connectivity index (χ0n) is 11.8. The van der Waals surface area contributed by atoms with Gasteiger partial charge in [-0.15, -0.1) is 0 Å².